The molecule has 3 aromatic rings. The van der Waals surface area contributed by atoms with Gasteiger partial charge in [0.1, 0.15) is 11.6 Å². The summed E-state index contributed by atoms with van der Waals surface area (Å²) in [6, 6.07) is 18.5. The lowest BCUT2D eigenvalue weighted by molar-refractivity contribution is -0.117. The Bertz CT molecular complexity index is 1160. The number of halogens is 1. The van der Waals surface area contributed by atoms with Crippen LogP contribution in [0.4, 0.5) is 15.8 Å². The molecule has 1 fully saturated rings. The second-order valence-electron chi connectivity index (χ2n) is 7.73. The average Bonchev–Trinajstić information content (AvgIpc) is 3.53. The zero-order valence-electron chi connectivity index (χ0n) is 17.3. The Morgan fingerprint density at radius 2 is 1.62 bits per heavy atom. The summed E-state index contributed by atoms with van der Waals surface area (Å²) in [5, 5.41) is 5.44. The fourth-order valence-electron chi connectivity index (χ4n) is 3.27. The normalized spacial score (nSPS) is 16.7. The third-order valence-corrected chi connectivity index (χ3v) is 5.26. The highest BCUT2D eigenvalue weighted by Crippen LogP contribution is 2.38. The molecule has 0 radical (unpaired) electrons. The number of nitrogens with one attached hydrogen (secondary N) is 2. The van der Waals surface area contributed by atoms with E-state index in [9.17, 15) is 18.8 Å². The number of anilines is 2. The number of ether oxygens (including phenoxy) is 1. The Balaban J connectivity index is 1.43. The summed E-state index contributed by atoms with van der Waals surface area (Å²) in [5.41, 5.74) is 1.17. The first-order valence-corrected chi connectivity index (χ1v) is 10.2. The van der Waals surface area contributed by atoms with E-state index in [1.807, 2.05) is 13.0 Å². The minimum atomic E-state index is -0.801. The monoisotopic (exact) mass is 432 g/mol. The lowest BCUT2D eigenvalue weighted by Crippen LogP contribution is -2.19. The molecule has 6 nitrogen and oxygen atoms in total. The largest absolute Gasteiger partial charge is 0.423 e. The fraction of sp³-hybridized carbons (Fsp3) is 0.160. The van der Waals surface area contributed by atoms with Gasteiger partial charge in [-0.05, 0) is 66.9 Å². The van der Waals surface area contributed by atoms with E-state index in [1.54, 1.807) is 36.4 Å². The predicted molar refractivity (Wildman–Crippen MR) is 118 cm³/mol. The molecular formula is C25H21FN2O4. The second kappa shape index (κ2) is 9.01. The molecule has 1 aliphatic rings. The highest BCUT2D eigenvalue weighted by atomic mass is 19.1. The van der Waals surface area contributed by atoms with Crippen LogP contribution >= 0.6 is 0 Å². The Labute approximate surface area is 184 Å². The summed E-state index contributed by atoms with van der Waals surface area (Å²) < 4.78 is 19.1. The molecule has 0 heterocycles. The Morgan fingerprint density at radius 3 is 2.28 bits per heavy atom. The van der Waals surface area contributed by atoms with Crippen molar-refractivity contribution >= 4 is 29.2 Å². The molecule has 0 spiro atoms. The number of benzene rings is 3. The van der Waals surface area contributed by atoms with Crippen LogP contribution in [0, 0.1) is 17.7 Å². The van der Waals surface area contributed by atoms with E-state index in [2.05, 4.69) is 10.6 Å². The maximum absolute atomic E-state index is 13.8. The van der Waals surface area contributed by atoms with E-state index < -0.39 is 11.8 Å². The summed E-state index contributed by atoms with van der Waals surface area (Å²) in [7, 11) is 0. The molecule has 2 N–H and O–H groups in total. The van der Waals surface area contributed by atoms with Crippen molar-refractivity contribution in [3.8, 4) is 5.75 Å². The van der Waals surface area contributed by atoms with Gasteiger partial charge in [0.2, 0.25) is 5.91 Å². The minimum Gasteiger partial charge on any atom is -0.423 e. The van der Waals surface area contributed by atoms with Gasteiger partial charge >= 0.3 is 5.97 Å². The van der Waals surface area contributed by atoms with Gasteiger partial charge < -0.3 is 15.4 Å². The molecule has 3 aromatic carbocycles. The van der Waals surface area contributed by atoms with E-state index in [1.165, 1.54) is 24.3 Å². The van der Waals surface area contributed by atoms with E-state index in [4.69, 9.17) is 4.74 Å². The van der Waals surface area contributed by atoms with Gasteiger partial charge in [0.15, 0.2) is 0 Å². The SMILES string of the molecule is CC1CC1C(=O)Nc1ccc(F)cc1C(=O)Oc1ccc(NC(=O)c2ccccc2)cc1. The average molecular weight is 432 g/mol. The first kappa shape index (κ1) is 21.2. The summed E-state index contributed by atoms with van der Waals surface area (Å²) in [5.74, 6) is -1.46. The van der Waals surface area contributed by atoms with Crippen molar-refractivity contribution in [2.45, 2.75) is 13.3 Å². The molecule has 2 unspecified atom stereocenters. The molecule has 7 heteroatoms. The van der Waals surface area contributed by atoms with Crippen molar-refractivity contribution in [2.75, 3.05) is 10.6 Å². The molecular weight excluding hydrogens is 411 g/mol. The molecule has 0 aromatic heterocycles. The van der Waals surface area contributed by atoms with Crippen LogP contribution in [-0.4, -0.2) is 17.8 Å². The molecule has 0 saturated heterocycles. The lowest BCUT2D eigenvalue weighted by atomic mass is 10.1. The van der Waals surface area contributed by atoms with Crippen LogP contribution in [-0.2, 0) is 4.79 Å². The highest BCUT2D eigenvalue weighted by Gasteiger charge is 2.39. The predicted octanol–water partition coefficient (Wildman–Crippen LogP) is 4.89. The van der Waals surface area contributed by atoms with Gasteiger partial charge in [-0.15, -0.1) is 0 Å². The van der Waals surface area contributed by atoms with E-state index in [-0.39, 0.29) is 34.7 Å². The van der Waals surface area contributed by atoms with E-state index in [0.717, 1.165) is 12.5 Å². The number of hydrogen-bond donors (Lipinski definition) is 2. The Hall–Kier alpha value is -4.00. The number of carbonyl (C=O) groups excluding carboxylic acids is 3. The van der Waals surface area contributed by atoms with Crippen molar-refractivity contribution in [2.24, 2.45) is 11.8 Å². The quantitative estimate of drug-likeness (QED) is 0.429. The maximum atomic E-state index is 13.8. The van der Waals surface area contributed by atoms with Gasteiger partial charge in [-0.1, -0.05) is 25.1 Å². The van der Waals surface area contributed by atoms with Crippen LogP contribution in [0.25, 0.3) is 0 Å². The standard InChI is InChI=1S/C25H21FN2O4/c1-15-13-20(15)24(30)28-22-12-7-17(26)14-21(22)25(31)32-19-10-8-18(9-11-19)27-23(29)16-5-3-2-4-6-16/h2-12,14-15,20H,13H2,1H3,(H,27,29)(H,28,30). The first-order chi connectivity index (χ1) is 15.4. The number of carbonyl (C=O) groups is 3. The molecule has 4 rings (SSSR count). The third-order valence-electron chi connectivity index (χ3n) is 5.26. The zero-order valence-corrected chi connectivity index (χ0v) is 17.3. The number of hydrogen-bond acceptors (Lipinski definition) is 4. The number of esters is 1. The maximum Gasteiger partial charge on any atom is 0.345 e. The van der Waals surface area contributed by atoms with Crippen molar-refractivity contribution in [1.29, 1.82) is 0 Å². The Morgan fingerprint density at radius 1 is 0.938 bits per heavy atom. The van der Waals surface area contributed by atoms with Gasteiger partial charge in [-0.25, -0.2) is 9.18 Å². The molecule has 2 amide bonds. The zero-order chi connectivity index (χ0) is 22.7. The van der Waals surface area contributed by atoms with Crippen molar-refractivity contribution < 1.29 is 23.5 Å². The topological polar surface area (TPSA) is 84.5 Å². The minimum absolute atomic E-state index is 0.0758. The fourth-order valence-corrected chi connectivity index (χ4v) is 3.27. The van der Waals surface area contributed by atoms with Gasteiger partial charge in [-0.3, -0.25) is 9.59 Å². The summed E-state index contributed by atoms with van der Waals surface area (Å²) >= 11 is 0. The van der Waals surface area contributed by atoms with E-state index in [0.29, 0.717) is 17.2 Å². The Kier molecular flexibility index (Phi) is 5.98. The first-order valence-electron chi connectivity index (χ1n) is 10.2. The third kappa shape index (κ3) is 5.00. The highest BCUT2D eigenvalue weighted by molar-refractivity contribution is 6.04. The van der Waals surface area contributed by atoms with Gasteiger partial charge in [-0.2, -0.15) is 0 Å². The van der Waals surface area contributed by atoms with Crippen LogP contribution in [0.15, 0.2) is 72.8 Å². The van der Waals surface area contributed by atoms with Gasteiger partial charge in [0, 0.05) is 17.2 Å². The van der Waals surface area contributed by atoms with Crippen molar-refractivity contribution in [1.82, 2.24) is 0 Å². The van der Waals surface area contributed by atoms with Gasteiger partial charge in [0.25, 0.3) is 5.91 Å². The van der Waals surface area contributed by atoms with Crippen LogP contribution in [0.3, 0.4) is 0 Å². The number of rotatable bonds is 6. The van der Waals surface area contributed by atoms with Gasteiger partial charge in [0.05, 0.1) is 11.3 Å². The van der Waals surface area contributed by atoms with Crippen LogP contribution in [0.5, 0.6) is 5.75 Å². The van der Waals surface area contributed by atoms with Crippen molar-refractivity contribution in [3.63, 3.8) is 0 Å². The van der Waals surface area contributed by atoms with Crippen LogP contribution < -0.4 is 15.4 Å². The number of amides is 2. The lowest BCUT2D eigenvalue weighted by Gasteiger charge is -2.12. The second-order valence-corrected chi connectivity index (χ2v) is 7.73. The molecule has 162 valence electrons. The van der Waals surface area contributed by atoms with Crippen LogP contribution in [0.1, 0.15) is 34.1 Å². The smallest absolute Gasteiger partial charge is 0.345 e. The van der Waals surface area contributed by atoms with Crippen LogP contribution in [0.2, 0.25) is 0 Å². The summed E-state index contributed by atoms with van der Waals surface area (Å²) in [6.45, 7) is 1.97. The van der Waals surface area contributed by atoms with Crippen molar-refractivity contribution in [3.05, 3.63) is 89.7 Å². The molecule has 1 aliphatic carbocycles. The molecule has 0 aliphatic heterocycles. The molecule has 32 heavy (non-hydrogen) atoms. The van der Waals surface area contributed by atoms with E-state index >= 15 is 0 Å². The molecule has 2 atom stereocenters. The molecule has 0 bridgehead atoms. The molecule has 1 saturated carbocycles. The summed E-state index contributed by atoms with van der Waals surface area (Å²) in [4.78, 5) is 37.1. The summed E-state index contributed by atoms with van der Waals surface area (Å²) in [6.07, 6.45) is 0.792.